The van der Waals surface area contributed by atoms with Gasteiger partial charge in [0.1, 0.15) is 0 Å². The first kappa shape index (κ1) is 15.4. The van der Waals surface area contributed by atoms with Gasteiger partial charge in [0.2, 0.25) is 5.91 Å². The molecule has 0 heterocycles. The van der Waals surface area contributed by atoms with Crippen LogP contribution in [-0.4, -0.2) is 41.1 Å². The number of nitrogens with zero attached hydrogens (tertiary/aromatic N) is 1. The average molecular weight is 230 g/mol. The summed E-state index contributed by atoms with van der Waals surface area (Å²) in [5.41, 5.74) is 4.92. The molecule has 0 saturated heterocycles. The molecule has 16 heavy (non-hydrogen) atoms. The van der Waals surface area contributed by atoms with Crippen molar-refractivity contribution in [3.8, 4) is 0 Å². The lowest BCUT2D eigenvalue weighted by Crippen LogP contribution is -2.52. The number of aliphatic hydroxyl groups is 1. The highest BCUT2D eigenvalue weighted by molar-refractivity contribution is 5.85. The van der Waals surface area contributed by atoms with Gasteiger partial charge in [-0.05, 0) is 20.3 Å². The monoisotopic (exact) mass is 230 g/mol. The summed E-state index contributed by atoms with van der Waals surface area (Å²) in [6, 6.07) is 0. The quantitative estimate of drug-likeness (QED) is 0.614. The lowest BCUT2D eigenvalue weighted by atomic mass is 10.0. The number of amides is 1. The Bertz CT molecular complexity index is 200. The summed E-state index contributed by atoms with van der Waals surface area (Å²) in [4.78, 5) is 13.6. The number of carbonyl (C=O) groups is 1. The summed E-state index contributed by atoms with van der Waals surface area (Å²) in [6.45, 7) is 6.62. The minimum absolute atomic E-state index is 0.00437. The van der Waals surface area contributed by atoms with Gasteiger partial charge in [0, 0.05) is 13.1 Å². The molecule has 3 N–H and O–H groups in total. The van der Waals surface area contributed by atoms with Gasteiger partial charge in [0.25, 0.3) is 0 Å². The third-order valence-corrected chi connectivity index (χ3v) is 2.49. The lowest BCUT2D eigenvalue weighted by molar-refractivity contribution is -0.136. The lowest BCUT2D eigenvalue weighted by Gasteiger charge is -2.28. The Kier molecular flexibility index (Phi) is 7.34. The fourth-order valence-corrected chi connectivity index (χ4v) is 1.57. The molecule has 0 rings (SSSR count). The largest absolute Gasteiger partial charge is 0.395 e. The van der Waals surface area contributed by atoms with Gasteiger partial charge in [0.15, 0.2) is 0 Å². The molecule has 0 aromatic rings. The van der Waals surface area contributed by atoms with Crippen molar-refractivity contribution in [2.75, 3.05) is 19.7 Å². The standard InChI is InChI=1S/C12H26N2O2/c1-4-5-6-7-8-14(9-10-15)11(16)12(2,3)13/h15H,4-10,13H2,1-3H3. The number of unbranched alkanes of at least 4 members (excludes halogenated alkanes) is 3. The highest BCUT2D eigenvalue weighted by Gasteiger charge is 2.26. The van der Waals surface area contributed by atoms with E-state index in [0.717, 1.165) is 12.8 Å². The predicted molar refractivity (Wildman–Crippen MR) is 66.1 cm³/mol. The topological polar surface area (TPSA) is 66.6 Å². The third-order valence-electron chi connectivity index (χ3n) is 2.49. The molecular weight excluding hydrogens is 204 g/mol. The second-order valence-electron chi connectivity index (χ2n) is 4.80. The first-order valence-corrected chi connectivity index (χ1v) is 6.12. The fourth-order valence-electron chi connectivity index (χ4n) is 1.57. The zero-order valence-electron chi connectivity index (χ0n) is 10.8. The predicted octanol–water partition coefficient (Wildman–Crippen LogP) is 1.12. The maximum Gasteiger partial charge on any atom is 0.242 e. The molecule has 0 aromatic heterocycles. The Morgan fingerprint density at radius 2 is 1.88 bits per heavy atom. The van der Waals surface area contributed by atoms with Crippen molar-refractivity contribution in [2.45, 2.75) is 52.0 Å². The van der Waals surface area contributed by atoms with Crippen molar-refractivity contribution in [1.82, 2.24) is 4.90 Å². The molecule has 0 atom stereocenters. The molecule has 0 fully saturated rings. The molecule has 1 amide bonds. The molecule has 0 aromatic carbocycles. The summed E-state index contributed by atoms with van der Waals surface area (Å²) >= 11 is 0. The van der Waals surface area contributed by atoms with Crippen LogP contribution in [0.3, 0.4) is 0 Å². The van der Waals surface area contributed by atoms with Crippen LogP contribution in [0.25, 0.3) is 0 Å². The summed E-state index contributed by atoms with van der Waals surface area (Å²) in [7, 11) is 0. The van der Waals surface area contributed by atoms with E-state index in [1.807, 2.05) is 0 Å². The van der Waals surface area contributed by atoms with Gasteiger partial charge in [-0.25, -0.2) is 0 Å². The molecule has 0 aliphatic heterocycles. The van der Waals surface area contributed by atoms with Crippen LogP contribution in [0.1, 0.15) is 46.5 Å². The van der Waals surface area contributed by atoms with Crippen LogP contribution in [0.15, 0.2) is 0 Å². The van der Waals surface area contributed by atoms with E-state index in [9.17, 15) is 4.79 Å². The molecule has 0 aliphatic carbocycles. The van der Waals surface area contributed by atoms with E-state index in [2.05, 4.69) is 6.92 Å². The molecule has 0 aliphatic rings. The van der Waals surface area contributed by atoms with E-state index in [-0.39, 0.29) is 12.5 Å². The zero-order valence-corrected chi connectivity index (χ0v) is 10.8. The molecule has 0 radical (unpaired) electrons. The van der Waals surface area contributed by atoms with Gasteiger partial charge in [-0.1, -0.05) is 26.2 Å². The summed E-state index contributed by atoms with van der Waals surface area (Å²) in [5.74, 6) is -0.0851. The van der Waals surface area contributed by atoms with Gasteiger partial charge in [0.05, 0.1) is 12.1 Å². The molecule has 0 unspecified atom stereocenters. The molecule has 0 bridgehead atoms. The molecular formula is C12H26N2O2. The number of nitrogens with two attached hydrogens (primary N) is 1. The van der Waals surface area contributed by atoms with E-state index in [0.29, 0.717) is 13.1 Å². The number of rotatable bonds is 8. The smallest absolute Gasteiger partial charge is 0.242 e. The van der Waals surface area contributed by atoms with Crippen molar-refractivity contribution in [3.63, 3.8) is 0 Å². The number of aliphatic hydroxyl groups excluding tert-OH is 1. The van der Waals surface area contributed by atoms with Crippen molar-refractivity contribution < 1.29 is 9.90 Å². The van der Waals surface area contributed by atoms with E-state index < -0.39 is 5.54 Å². The summed E-state index contributed by atoms with van der Waals surface area (Å²) in [5, 5.41) is 8.92. The van der Waals surface area contributed by atoms with Gasteiger partial charge >= 0.3 is 0 Å². The zero-order chi connectivity index (χ0) is 12.6. The average Bonchev–Trinajstić information content (AvgIpc) is 2.20. The molecule has 96 valence electrons. The molecule has 4 heteroatoms. The van der Waals surface area contributed by atoms with Crippen molar-refractivity contribution in [2.24, 2.45) is 5.73 Å². The second kappa shape index (κ2) is 7.63. The van der Waals surface area contributed by atoms with E-state index in [4.69, 9.17) is 10.8 Å². The highest BCUT2D eigenvalue weighted by atomic mass is 16.3. The van der Waals surface area contributed by atoms with Gasteiger partial charge in [-0.2, -0.15) is 0 Å². The van der Waals surface area contributed by atoms with Gasteiger partial charge < -0.3 is 15.7 Å². The van der Waals surface area contributed by atoms with Crippen LogP contribution in [0.2, 0.25) is 0 Å². The Morgan fingerprint density at radius 3 is 2.31 bits per heavy atom. The Labute approximate surface area is 98.8 Å². The SMILES string of the molecule is CCCCCCN(CCO)C(=O)C(C)(C)N. The van der Waals surface area contributed by atoms with E-state index in [1.165, 1.54) is 12.8 Å². The van der Waals surface area contributed by atoms with Crippen LogP contribution in [0, 0.1) is 0 Å². The van der Waals surface area contributed by atoms with Gasteiger partial charge in [-0.15, -0.1) is 0 Å². The maximum absolute atomic E-state index is 11.9. The Hall–Kier alpha value is -0.610. The molecule has 0 saturated carbocycles. The summed E-state index contributed by atoms with van der Waals surface area (Å²) < 4.78 is 0. The normalized spacial score (nSPS) is 11.6. The van der Waals surface area contributed by atoms with Crippen LogP contribution in [-0.2, 0) is 4.79 Å². The van der Waals surface area contributed by atoms with Crippen molar-refractivity contribution in [3.05, 3.63) is 0 Å². The molecule has 0 spiro atoms. The van der Waals surface area contributed by atoms with Crippen LogP contribution < -0.4 is 5.73 Å². The number of carbonyl (C=O) groups excluding carboxylic acids is 1. The minimum Gasteiger partial charge on any atom is -0.395 e. The number of hydrogen-bond acceptors (Lipinski definition) is 3. The van der Waals surface area contributed by atoms with Crippen LogP contribution in [0.5, 0.6) is 0 Å². The molecule has 4 nitrogen and oxygen atoms in total. The maximum atomic E-state index is 11.9. The van der Waals surface area contributed by atoms with Gasteiger partial charge in [-0.3, -0.25) is 4.79 Å². The minimum atomic E-state index is -0.847. The van der Waals surface area contributed by atoms with Crippen molar-refractivity contribution in [1.29, 1.82) is 0 Å². The van der Waals surface area contributed by atoms with Crippen molar-refractivity contribution >= 4 is 5.91 Å². The Morgan fingerprint density at radius 1 is 1.25 bits per heavy atom. The fraction of sp³-hybridized carbons (Fsp3) is 0.917. The first-order valence-electron chi connectivity index (χ1n) is 6.12. The third kappa shape index (κ3) is 6.08. The Balaban J connectivity index is 4.11. The highest BCUT2D eigenvalue weighted by Crippen LogP contribution is 2.07. The summed E-state index contributed by atoms with van der Waals surface area (Å²) in [6.07, 6.45) is 4.47. The van der Waals surface area contributed by atoms with Crippen LogP contribution in [0.4, 0.5) is 0 Å². The number of hydrogen-bond donors (Lipinski definition) is 2. The van der Waals surface area contributed by atoms with E-state index in [1.54, 1.807) is 18.7 Å². The first-order chi connectivity index (χ1) is 7.43. The second-order valence-corrected chi connectivity index (χ2v) is 4.80. The van der Waals surface area contributed by atoms with Crippen LogP contribution >= 0.6 is 0 Å². The van der Waals surface area contributed by atoms with E-state index >= 15 is 0 Å².